The van der Waals surface area contributed by atoms with Crippen molar-refractivity contribution in [3.8, 4) is 0 Å². The quantitative estimate of drug-likeness (QED) is 0.287. The minimum atomic E-state index is -2.55. The molecule has 0 aromatic heterocycles. The van der Waals surface area contributed by atoms with Gasteiger partial charge in [-0.1, -0.05) is 113 Å². The molecule has 1 saturated carbocycles. The van der Waals surface area contributed by atoms with Crippen molar-refractivity contribution in [2.24, 2.45) is 17.8 Å². The normalized spacial score (nSPS) is 21.5. The van der Waals surface area contributed by atoms with E-state index in [1.807, 2.05) is 11.8 Å². The van der Waals surface area contributed by atoms with Crippen LogP contribution >= 0.6 is 11.8 Å². The van der Waals surface area contributed by atoms with E-state index in [1.165, 1.54) is 15.3 Å². The molecule has 2 nitrogen and oxygen atoms in total. The summed E-state index contributed by atoms with van der Waals surface area (Å²) in [5.41, 5.74) is 0. The Balaban J connectivity index is 1.56. The first-order valence-corrected chi connectivity index (χ1v) is 16.0. The van der Waals surface area contributed by atoms with E-state index in [2.05, 4.69) is 126 Å². The molecule has 3 aromatic carbocycles. The molecular weight excluding hydrogens is 477 g/mol. The van der Waals surface area contributed by atoms with E-state index in [4.69, 9.17) is 4.43 Å². The molecule has 2 unspecified atom stereocenters. The topological polar surface area (TPSA) is 26.3 Å². The lowest BCUT2D eigenvalue weighted by atomic mass is 9.88. The van der Waals surface area contributed by atoms with Gasteiger partial charge >= 0.3 is 0 Å². The summed E-state index contributed by atoms with van der Waals surface area (Å²) in [7, 11) is -2.55. The van der Waals surface area contributed by atoms with Gasteiger partial charge in [-0.15, -0.1) is 11.8 Å². The third-order valence-electron chi connectivity index (χ3n) is 7.75. The van der Waals surface area contributed by atoms with Gasteiger partial charge < -0.3 is 4.43 Å². The number of thioether (sulfide) groups is 1. The van der Waals surface area contributed by atoms with E-state index in [0.29, 0.717) is 30.0 Å². The summed E-state index contributed by atoms with van der Waals surface area (Å²) in [5, 5.41) is 2.89. The zero-order valence-corrected chi connectivity index (χ0v) is 24.1. The van der Waals surface area contributed by atoms with Crippen molar-refractivity contribution >= 4 is 36.2 Å². The average Bonchev–Trinajstić information content (AvgIpc) is 3.15. The van der Waals surface area contributed by atoms with Crippen molar-refractivity contribution in [1.29, 1.82) is 0 Å². The first kappa shape index (κ1) is 26.9. The largest absolute Gasteiger partial charge is 0.407 e. The van der Waals surface area contributed by atoms with Crippen molar-refractivity contribution in [3.05, 3.63) is 91.0 Å². The Morgan fingerprint density at radius 3 is 1.89 bits per heavy atom. The number of hydrogen-bond acceptors (Lipinski definition) is 3. The second-order valence-electron chi connectivity index (χ2n) is 11.3. The van der Waals surface area contributed by atoms with Gasteiger partial charge in [-0.25, -0.2) is 0 Å². The lowest BCUT2D eigenvalue weighted by Gasteiger charge is -2.43. The van der Waals surface area contributed by atoms with E-state index >= 15 is 0 Å². The van der Waals surface area contributed by atoms with E-state index in [1.54, 1.807) is 0 Å². The van der Waals surface area contributed by atoms with Gasteiger partial charge in [0.25, 0.3) is 8.32 Å². The highest BCUT2D eigenvalue weighted by atomic mass is 32.2. The summed E-state index contributed by atoms with van der Waals surface area (Å²) < 4.78 is 7.13. The van der Waals surface area contributed by atoms with E-state index in [0.717, 1.165) is 6.42 Å². The molecule has 0 spiro atoms. The third-order valence-corrected chi connectivity index (χ3v) is 14.4. The highest BCUT2D eigenvalue weighted by molar-refractivity contribution is 8.00. The number of benzene rings is 3. The molecule has 0 saturated heterocycles. The maximum absolute atomic E-state index is 13.1. The maximum atomic E-state index is 13.1. The predicted octanol–water partition coefficient (Wildman–Crippen LogP) is 6.98. The summed E-state index contributed by atoms with van der Waals surface area (Å²) in [5.74, 6) is 1.18. The first-order chi connectivity index (χ1) is 17.2. The van der Waals surface area contributed by atoms with Crippen LogP contribution in [0, 0.1) is 17.8 Å². The summed E-state index contributed by atoms with van der Waals surface area (Å²) >= 11 is 1.88. The van der Waals surface area contributed by atoms with Gasteiger partial charge in [-0.3, -0.25) is 4.79 Å². The lowest BCUT2D eigenvalue weighted by molar-refractivity contribution is -0.122. The SMILES string of the molecule is C[C@H]1CC(=O)C([C@@H](C)CCO[Si](c2ccccc2)(c2ccccc2)C(C)(C)C)C1Sc1ccccc1. The molecule has 0 radical (unpaired) electrons. The molecule has 3 aromatic rings. The molecule has 4 rings (SSSR count). The average molecular weight is 517 g/mol. The van der Waals surface area contributed by atoms with Crippen LogP contribution in [0.4, 0.5) is 0 Å². The summed E-state index contributed by atoms with van der Waals surface area (Å²) in [4.78, 5) is 14.4. The fourth-order valence-electron chi connectivity index (χ4n) is 5.93. The van der Waals surface area contributed by atoms with Crippen LogP contribution in [0.5, 0.6) is 0 Å². The van der Waals surface area contributed by atoms with Gasteiger partial charge in [0.1, 0.15) is 5.78 Å². The number of ketones is 1. The van der Waals surface area contributed by atoms with Gasteiger partial charge in [0, 0.05) is 29.1 Å². The summed E-state index contributed by atoms with van der Waals surface area (Å²) in [6.07, 6.45) is 1.58. The van der Waals surface area contributed by atoms with Crippen molar-refractivity contribution < 1.29 is 9.22 Å². The van der Waals surface area contributed by atoms with Crippen molar-refractivity contribution in [1.82, 2.24) is 0 Å². The van der Waals surface area contributed by atoms with E-state index in [9.17, 15) is 4.79 Å². The number of carbonyl (C=O) groups is 1. The lowest BCUT2D eigenvalue weighted by Crippen LogP contribution is -2.66. The number of carbonyl (C=O) groups excluding carboxylic acids is 1. The van der Waals surface area contributed by atoms with Gasteiger partial charge in [-0.2, -0.15) is 0 Å². The van der Waals surface area contributed by atoms with Crippen LogP contribution in [0.2, 0.25) is 5.04 Å². The Kier molecular flexibility index (Phi) is 8.59. The van der Waals surface area contributed by atoms with Crippen LogP contribution in [0.1, 0.15) is 47.5 Å². The van der Waals surface area contributed by atoms with Gasteiger partial charge in [-0.05, 0) is 45.8 Å². The Bertz CT molecular complexity index is 1070. The van der Waals surface area contributed by atoms with Crippen molar-refractivity contribution in [2.45, 2.75) is 62.6 Å². The second kappa shape index (κ2) is 11.5. The van der Waals surface area contributed by atoms with E-state index in [-0.39, 0.29) is 16.9 Å². The molecule has 0 N–H and O–H groups in total. The van der Waals surface area contributed by atoms with Crippen LogP contribution < -0.4 is 10.4 Å². The van der Waals surface area contributed by atoms with Crippen LogP contribution in [-0.2, 0) is 9.22 Å². The summed E-state index contributed by atoms with van der Waals surface area (Å²) in [6, 6.07) is 32.2. The smallest absolute Gasteiger partial charge is 0.261 e. The van der Waals surface area contributed by atoms with Gasteiger partial charge in [0.05, 0.1) is 0 Å². The van der Waals surface area contributed by atoms with Crippen molar-refractivity contribution in [2.75, 3.05) is 6.61 Å². The zero-order chi connectivity index (χ0) is 25.8. The molecular formula is C32H40O2SSi. The molecule has 1 aliphatic carbocycles. The molecule has 4 heteroatoms. The monoisotopic (exact) mass is 516 g/mol. The molecule has 4 atom stereocenters. The second-order valence-corrected chi connectivity index (χ2v) is 16.9. The number of hydrogen-bond donors (Lipinski definition) is 0. The molecule has 0 aliphatic heterocycles. The number of rotatable bonds is 9. The van der Waals surface area contributed by atoms with Crippen LogP contribution in [0.3, 0.4) is 0 Å². The van der Waals surface area contributed by atoms with Crippen LogP contribution in [-0.4, -0.2) is 26.0 Å². The Morgan fingerprint density at radius 1 is 0.889 bits per heavy atom. The standard InChI is InChI=1S/C32H40O2SSi/c1-24(30-29(33)23-25(2)31(30)35-26-15-9-6-10-16-26)21-22-34-36(32(3,4)5,27-17-11-7-12-18-27)28-19-13-8-14-20-28/h6-20,24-25,30-31H,21-23H2,1-5H3/t24-,25-,30?,31?/m0/s1. The van der Waals surface area contributed by atoms with Gasteiger partial charge in [0.2, 0.25) is 0 Å². The molecule has 190 valence electrons. The van der Waals surface area contributed by atoms with Gasteiger partial charge in [0.15, 0.2) is 0 Å². The minimum Gasteiger partial charge on any atom is -0.407 e. The fourth-order valence-corrected chi connectivity index (χ4v) is 12.0. The van der Waals surface area contributed by atoms with Crippen LogP contribution in [0.25, 0.3) is 0 Å². The fraction of sp³-hybridized carbons (Fsp3) is 0.406. The maximum Gasteiger partial charge on any atom is 0.261 e. The predicted molar refractivity (Wildman–Crippen MR) is 156 cm³/mol. The summed E-state index contributed by atoms with van der Waals surface area (Å²) in [6.45, 7) is 12.1. The zero-order valence-electron chi connectivity index (χ0n) is 22.3. The number of Topliss-reactive ketones (excluding diaryl/α,β-unsaturated/α-hetero) is 1. The Hall–Kier alpha value is -2.14. The molecule has 1 fully saturated rings. The Morgan fingerprint density at radius 2 is 1.39 bits per heavy atom. The molecule has 0 amide bonds. The van der Waals surface area contributed by atoms with E-state index < -0.39 is 8.32 Å². The van der Waals surface area contributed by atoms with Crippen molar-refractivity contribution in [3.63, 3.8) is 0 Å². The molecule has 1 aliphatic rings. The highest BCUT2D eigenvalue weighted by Gasteiger charge is 2.50. The Labute approximate surface area is 223 Å². The molecule has 0 bridgehead atoms. The van der Waals surface area contributed by atoms with Crippen LogP contribution in [0.15, 0.2) is 95.9 Å². The molecule has 36 heavy (non-hydrogen) atoms. The first-order valence-electron chi connectivity index (χ1n) is 13.2. The highest BCUT2D eigenvalue weighted by Crippen LogP contribution is 2.45. The molecule has 0 heterocycles. The third kappa shape index (κ3) is 5.56. The minimum absolute atomic E-state index is 0.0394.